The lowest BCUT2D eigenvalue weighted by Crippen LogP contribution is -2.22. The van der Waals surface area contributed by atoms with Gasteiger partial charge in [-0.05, 0) is 72.9 Å². The van der Waals surface area contributed by atoms with Gasteiger partial charge in [-0.3, -0.25) is 0 Å². The molecular weight excluding hydrogens is 144 g/mol. The molecule has 3 rings (SSSR count). The second-order valence-electron chi connectivity index (χ2n) is 4.16. The Morgan fingerprint density at radius 1 is 0.583 bits per heavy atom. The summed E-state index contributed by atoms with van der Waals surface area (Å²) in [5.74, 6) is 0. The number of benzene rings is 1. The zero-order chi connectivity index (χ0) is 8.29. The molecule has 0 aromatic heterocycles. The van der Waals surface area contributed by atoms with Gasteiger partial charge >= 0.3 is 0 Å². The standard InChI is InChI=1S/C12H14/c1-7-9-3-5-11(9)8(2)12-6-4-10(7)12/h3-6H2,1-2H3. The summed E-state index contributed by atoms with van der Waals surface area (Å²) in [5.41, 5.74) is 10.0. The molecule has 0 unspecified atom stereocenters. The van der Waals surface area contributed by atoms with Crippen molar-refractivity contribution in [1.29, 1.82) is 0 Å². The van der Waals surface area contributed by atoms with Crippen LogP contribution in [0, 0.1) is 13.8 Å². The smallest absolute Gasteiger partial charge is 0.0232 e. The molecule has 0 amide bonds. The fourth-order valence-corrected chi connectivity index (χ4v) is 2.77. The molecular formula is C12H14. The molecule has 0 spiro atoms. The Hall–Kier alpha value is -0.780. The third-order valence-corrected chi connectivity index (χ3v) is 3.79. The van der Waals surface area contributed by atoms with Gasteiger partial charge in [0.2, 0.25) is 0 Å². The lowest BCUT2D eigenvalue weighted by atomic mass is 9.71. The summed E-state index contributed by atoms with van der Waals surface area (Å²) in [7, 11) is 0. The zero-order valence-corrected chi connectivity index (χ0v) is 7.83. The SMILES string of the molecule is Cc1c2c(c(C)c3c1CC3)CC2. The maximum atomic E-state index is 2.31. The highest BCUT2D eigenvalue weighted by molar-refractivity contribution is 5.58. The van der Waals surface area contributed by atoms with Crippen molar-refractivity contribution in [3.8, 4) is 0 Å². The lowest BCUT2D eigenvalue weighted by Gasteiger charge is -2.34. The fourth-order valence-electron chi connectivity index (χ4n) is 2.77. The van der Waals surface area contributed by atoms with E-state index >= 15 is 0 Å². The van der Waals surface area contributed by atoms with Crippen LogP contribution in [-0.4, -0.2) is 0 Å². The van der Waals surface area contributed by atoms with Crippen molar-refractivity contribution in [3.63, 3.8) is 0 Å². The van der Waals surface area contributed by atoms with Gasteiger partial charge in [0.25, 0.3) is 0 Å². The quantitative estimate of drug-likeness (QED) is 0.544. The minimum atomic E-state index is 1.34. The van der Waals surface area contributed by atoms with Crippen LogP contribution in [0.25, 0.3) is 0 Å². The first-order valence-electron chi connectivity index (χ1n) is 4.91. The molecule has 0 saturated heterocycles. The molecule has 1 aromatic rings. The number of rotatable bonds is 0. The van der Waals surface area contributed by atoms with E-state index in [2.05, 4.69) is 13.8 Å². The van der Waals surface area contributed by atoms with Gasteiger partial charge in [-0.2, -0.15) is 0 Å². The molecule has 0 heterocycles. The maximum absolute atomic E-state index is 2.31. The highest BCUT2D eigenvalue weighted by Gasteiger charge is 2.27. The van der Waals surface area contributed by atoms with Gasteiger partial charge in [-0.25, -0.2) is 0 Å². The van der Waals surface area contributed by atoms with Gasteiger partial charge in [-0.1, -0.05) is 0 Å². The second kappa shape index (κ2) is 1.93. The summed E-state index contributed by atoms with van der Waals surface area (Å²) in [6.45, 7) is 4.63. The van der Waals surface area contributed by atoms with Gasteiger partial charge in [0, 0.05) is 0 Å². The van der Waals surface area contributed by atoms with Crippen LogP contribution in [0.5, 0.6) is 0 Å². The van der Waals surface area contributed by atoms with Crippen molar-refractivity contribution in [1.82, 2.24) is 0 Å². The lowest BCUT2D eigenvalue weighted by molar-refractivity contribution is 0.743. The molecule has 0 aliphatic heterocycles. The minimum absolute atomic E-state index is 1.34. The predicted molar refractivity (Wildman–Crippen MR) is 50.7 cm³/mol. The third kappa shape index (κ3) is 0.565. The van der Waals surface area contributed by atoms with E-state index in [1.165, 1.54) is 25.7 Å². The Kier molecular flexibility index (Phi) is 1.08. The number of hydrogen-bond acceptors (Lipinski definition) is 0. The first kappa shape index (κ1) is 6.71. The molecule has 62 valence electrons. The van der Waals surface area contributed by atoms with E-state index in [0.717, 1.165) is 0 Å². The summed E-state index contributed by atoms with van der Waals surface area (Å²) < 4.78 is 0. The van der Waals surface area contributed by atoms with E-state index in [1.54, 1.807) is 33.4 Å². The molecule has 0 radical (unpaired) electrons. The van der Waals surface area contributed by atoms with Crippen LogP contribution in [0.2, 0.25) is 0 Å². The highest BCUT2D eigenvalue weighted by atomic mass is 14.3. The van der Waals surface area contributed by atoms with Crippen molar-refractivity contribution >= 4 is 0 Å². The molecule has 0 bridgehead atoms. The van der Waals surface area contributed by atoms with Crippen molar-refractivity contribution < 1.29 is 0 Å². The summed E-state index contributed by atoms with van der Waals surface area (Å²) in [6.07, 6.45) is 5.37. The van der Waals surface area contributed by atoms with Crippen LogP contribution in [-0.2, 0) is 25.7 Å². The molecule has 2 aliphatic carbocycles. The Labute approximate surface area is 73.6 Å². The number of fused-ring (bicyclic) bond motifs is 2. The second-order valence-corrected chi connectivity index (χ2v) is 4.16. The predicted octanol–water partition coefficient (Wildman–Crippen LogP) is 2.50. The van der Waals surface area contributed by atoms with Crippen LogP contribution >= 0.6 is 0 Å². The first-order chi connectivity index (χ1) is 5.79. The average molecular weight is 158 g/mol. The molecule has 2 aliphatic rings. The van der Waals surface area contributed by atoms with E-state index in [9.17, 15) is 0 Å². The Morgan fingerprint density at radius 3 is 1.00 bits per heavy atom. The molecule has 1 aromatic carbocycles. The van der Waals surface area contributed by atoms with Gasteiger partial charge < -0.3 is 0 Å². The van der Waals surface area contributed by atoms with Crippen LogP contribution in [0.4, 0.5) is 0 Å². The zero-order valence-electron chi connectivity index (χ0n) is 7.83. The van der Waals surface area contributed by atoms with Crippen LogP contribution in [0.1, 0.15) is 33.4 Å². The summed E-state index contributed by atoms with van der Waals surface area (Å²) in [5, 5.41) is 0. The van der Waals surface area contributed by atoms with E-state index in [0.29, 0.717) is 0 Å². The van der Waals surface area contributed by atoms with Crippen molar-refractivity contribution in [2.75, 3.05) is 0 Å². The van der Waals surface area contributed by atoms with Crippen LogP contribution in [0.15, 0.2) is 0 Å². The Balaban J connectivity index is 2.39. The normalized spacial score (nSPS) is 17.5. The van der Waals surface area contributed by atoms with Gasteiger partial charge in [0.05, 0.1) is 0 Å². The van der Waals surface area contributed by atoms with E-state index in [1.807, 2.05) is 0 Å². The minimum Gasteiger partial charge on any atom is -0.0441 e. The summed E-state index contributed by atoms with van der Waals surface area (Å²) in [6, 6.07) is 0. The van der Waals surface area contributed by atoms with Crippen LogP contribution < -0.4 is 0 Å². The molecule has 0 atom stereocenters. The monoisotopic (exact) mass is 158 g/mol. The van der Waals surface area contributed by atoms with Crippen molar-refractivity contribution in [2.24, 2.45) is 0 Å². The molecule has 0 saturated carbocycles. The Bertz CT molecular complexity index is 276. The molecule has 0 heteroatoms. The van der Waals surface area contributed by atoms with Crippen molar-refractivity contribution in [2.45, 2.75) is 39.5 Å². The summed E-state index contributed by atoms with van der Waals surface area (Å²) >= 11 is 0. The molecule has 0 fully saturated rings. The summed E-state index contributed by atoms with van der Waals surface area (Å²) in [4.78, 5) is 0. The number of hydrogen-bond donors (Lipinski definition) is 0. The van der Waals surface area contributed by atoms with E-state index < -0.39 is 0 Å². The van der Waals surface area contributed by atoms with E-state index in [4.69, 9.17) is 0 Å². The maximum Gasteiger partial charge on any atom is -0.0232 e. The first-order valence-corrected chi connectivity index (χ1v) is 4.91. The Morgan fingerprint density at radius 2 is 0.833 bits per heavy atom. The van der Waals surface area contributed by atoms with Crippen LogP contribution in [0.3, 0.4) is 0 Å². The largest absolute Gasteiger partial charge is 0.0441 e. The molecule has 0 N–H and O–H groups in total. The third-order valence-electron chi connectivity index (χ3n) is 3.79. The topological polar surface area (TPSA) is 0 Å². The fraction of sp³-hybridized carbons (Fsp3) is 0.500. The van der Waals surface area contributed by atoms with Gasteiger partial charge in [0.15, 0.2) is 0 Å². The molecule has 12 heavy (non-hydrogen) atoms. The average Bonchev–Trinajstić information content (AvgIpc) is 1.78. The molecule has 0 nitrogen and oxygen atoms in total. The highest BCUT2D eigenvalue weighted by Crippen LogP contribution is 2.39. The van der Waals surface area contributed by atoms with Gasteiger partial charge in [0.1, 0.15) is 0 Å². The van der Waals surface area contributed by atoms with E-state index in [-0.39, 0.29) is 0 Å². The van der Waals surface area contributed by atoms with Crippen molar-refractivity contribution in [3.05, 3.63) is 33.4 Å². The van der Waals surface area contributed by atoms with Gasteiger partial charge in [-0.15, -0.1) is 0 Å².